The van der Waals surface area contributed by atoms with Crippen LogP contribution in [0.15, 0.2) is 54.6 Å². The molecule has 6 heteroatoms. The van der Waals surface area contributed by atoms with Gasteiger partial charge in [-0.3, -0.25) is 4.79 Å². The maximum absolute atomic E-state index is 14.5. The molecular weight excluding hydrogens is 403 g/mol. The first-order valence-corrected chi connectivity index (χ1v) is 10.8. The molecule has 0 spiro atoms. The number of piperidine rings is 1. The van der Waals surface area contributed by atoms with Gasteiger partial charge >= 0.3 is 6.18 Å². The second-order valence-corrected chi connectivity index (χ2v) is 8.93. The van der Waals surface area contributed by atoms with Crippen molar-refractivity contribution in [2.24, 2.45) is 11.8 Å². The number of halogens is 3. The average Bonchev–Trinajstić information content (AvgIpc) is 2.74. The molecule has 0 aromatic heterocycles. The van der Waals surface area contributed by atoms with E-state index in [9.17, 15) is 18.0 Å². The van der Waals surface area contributed by atoms with Crippen molar-refractivity contribution in [3.63, 3.8) is 0 Å². The largest absolute Gasteiger partial charge is 0.430 e. The van der Waals surface area contributed by atoms with Crippen LogP contribution in [0.1, 0.15) is 42.9 Å². The molecule has 2 bridgehead atoms. The van der Waals surface area contributed by atoms with Crippen molar-refractivity contribution in [2.45, 2.75) is 50.4 Å². The van der Waals surface area contributed by atoms with Crippen LogP contribution in [0.5, 0.6) is 0 Å². The molecule has 1 fully saturated rings. The van der Waals surface area contributed by atoms with Crippen LogP contribution in [0.4, 0.5) is 13.2 Å². The molecule has 2 aromatic rings. The molecule has 1 amide bonds. The van der Waals surface area contributed by atoms with E-state index in [4.69, 9.17) is 4.74 Å². The summed E-state index contributed by atoms with van der Waals surface area (Å²) in [7, 11) is 0.973. The molecule has 1 aliphatic carbocycles. The molecule has 0 unspecified atom stereocenters. The smallest absolute Gasteiger partial charge is 0.356 e. The first-order valence-electron chi connectivity index (χ1n) is 10.8. The summed E-state index contributed by atoms with van der Waals surface area (Å²) in [4.78, 5) is 15.2. The number of methoxy groups -OCH3 is 1. The van der Waals surface area contributed by atoms with Gasteiger partial charge in [0, 0.05) is 25.3 Å². The maximum Gasteiger partial charge on any atom is 0.430 e. The number of hydrogen-bond donors (Lipinski definition) is 0. The minimum atomic E-state index is -4.89. The molecule has 1 saturated heterocycles. The molecule has 0 radical (unpaired) electrons. The summed E-state index contributed by atoms with van der Waals surface area (Å²) < 4.78 is 48.6. The molecule has 2 aliphatic rings. The van der Waals surface area contributed by atoms with E-state index in [-0.39, 0.29) is 29.4 Å². The third-order valence-corrected chi connectivity index (χ3v) is 7.09. The SMILES string of the molecule is CO[C@@](C(=O)N1CC[C@@H]2c3ccccc3C[C@H]1[C@H]2C(C)C)(c1ccccc1)C(F)(F)F. The van der Waals surface area contributed by atoms with Gasteiger partial charge in [-0.25, -0.2) is 0 Å². The normalized spacial score (nSPS) is 25.1. The Morgan fingerprint density at radius 2 is 1.71 bits per heavy atom. The van der Waals surface area contributed by atoms with Gasteiger partial charge in [0.15, 0.2) is 0 Å². The number of alkyl halides is 3. The third kappa shape index (κ3) is 3.36. The fraction of sp³-hybridized carbons (Fsp3) is 0.480. The summed E-state index contributed by atoms with van der Waals surface area (Å²) in [5.41, 5.74) is -0.794. The van der Waals surface area contributed by atoms with E-state index >= 15 is 0 Å². The van der Waals surface area contributed by atoms with Gasteiger partial charge in [0.1, 0.15) is 0 Å². The molecule has 4 rings (SSSR count). The number of likely N-dealkylation sites (tertiary alicyclic amines) is 1. The second-order valence-electron chi connectivity index (χ2n) is 8.93. The van der Waals surface area contributed by atoms with Crippen molar-refractivity contribution in [1.82, 2.24) is 4.90 Å². The second kappa shape index (κ2) is 7.97. The van der Waals surface area contributed by atoms with Gasteiger partial charge in [0.25, 0.3) is 11.5 Å². The van der Waals surface area contributed by atoms with E-state index in [0.29, 0.717) is 19.4 Å². The maximum atomic E-state index is 14.5. The molecule has 0 N–H and O–H groups in total. The Balaban J connectivity index is 1.80. The lowest BCUT2D eigenvalue weighted by molar-refractivity contribution is -0.272. The van der Waals surface area contributed by atoms with Gasteiger partial charge in [0.2, 0.25) is 0 Å². The highest BCUT2D eigenvalue weighted by atomic mass is 19.4. The molecule has 31 heavy (non-hydrogen) atoms. The van der Waals surface area contributed by atoms with Crippen LogP contribution < -0.4 is 0 Å². The number of amides is 1. The quantitative estimate of drug-likeness (QED) is 0.657. The van der Waals surface area contributed by atoms with Crippen molar-refractivity contribution in [2.75, 3.05) is 13.7 Å². The number of fused-ring (bicyclic) bond motifs is 4. The van der Waals surface area contributed by atoms with Crippen LogP contribution >= 0.6 is 0 Å². The highest BCUT2D eigenvalue weighted by molar-refractivity contribution is 5.88. The van der Waals surface area contributed by atoms with Crippen LogP contribution in [0.25, 0.3) is 0 Å². The molecule has 1 heterocycles. The van der Waals surface area contributed by atoms with E-state index in [2.05, 4.69) is 19.9 Å². The number of rotatable bonds is 4. The minimum Gasteiger partial charge on any atom is -0.356 e. The number of carbonyl (C=O) groups is 1. The Morgan fingerprint density at radius 1 is 1.06 bits per heavy atom. The van der Waals surface area contributed by atoms with Crippen molar-refractivity contribution in [1.29, 1.82) is 0 Å². The summed E-state index contributed by atoms with van der Waals surface area (Å²) in [6, 6.07) is 15.1. The van der Waals surface area contributed by atoms with Gasteiger partial charge < -0.3 is 9.64 Å². The van der Waals surface area contributed by atoms with Crippen LogP contribution in [-0.2, 0) is 21.6 Å². The zero-order valence-corrected chi connectivity index (χ0v) is 18.0. The molecule has 4 atom stereocenters. The van der Waals surface area contributed by atoms with E-state index in [1.54, 1.807) is 6.07 Å². The predicted octanol–water partition coefficient (Wildman–Crippen LogP) is 5.30. The highest BCUT2D eigenvalue weighted by Crippen LogP contribution is 2.50. The zero-order chi connectivity index (χ0) is 22.4. The first-order chi connectivity index (χ1) is 14.7. The lowest BCUT2D eigenvalue weighted by Gasteiger charge is -2.53. The van der Waals surface area contributed by atoms with Crippen molar-refractivity contribution in [3.8, 4) is 0 Å². The number of carbonyl (C=O) groups excluding carboxylic acids is 1. The molecular formula is C25H28F3NO2. The summed E-state index contributed by atoms with van der Waals surface area (Å²) in [5, 5.41) is 0. The van der Waals surface area contributed by atoms with Crippen LogP contribution in [0, 0.1) is 11.8 Å². The van der Waals surface area contributed by atoms with Gasteiger partial charge in [-0.15, -0.1) is 0 Å². The molecule has 3 nitrogen and oxygen atoms in total. The monoisotopic (exact) mass is 431 g/mol. The number of hydrogen-bond acceptors (Lipinski definition) is 2. The van der Waals surface area contributed by atoms with Crippen molar-refractivity contribution >= 4 is 5.91 Å². The molecule has 2 aromatic carbocycles. The lowest BCUT2D eigenvalue weighted by atomic mass is 9.64. The number of nitrogens with zero attached hydrogens (tertiary/aromatic N) is 1. The van der Waals surface area contributed by atoms with Gasteiger partial charge in [-0.1, -0.05) is 68.4 Å². The average molecular weight is 431 g/mol. The van der Waals surface area contributed by atoms with Crippen molar-refractivity contribution in [3.05, 3.63) is 71.3 Å². The Morgan fingerprint density at radius 3 is 2.32 bits per heavy atom. The Labute approximate surface area is 181 Å². The standard InChI is InChI=1S/C25H28F3NO2/c1-16(2)22-20-13-14-29(21(22)15-17-9-7-8-12-19(17)20)23(30)24(31-3,25(26,27)28)18-10-5-4-6-11-18/h4-12,16,20-22H,13-15H2,1-3H3/t20-,21+,22+,24-/m1/s1. The summed E-state index contributed by atoms with van der Waals surface area (Å²) in [5.74, 6) is -0.426. The fourth-order valence-corrected chi connectivity index (χ4v) is 5.79. The summed E-state index contributed by atoms with van der Waals surface area (Å²) >= 11 is 0. The highest BCUT2D eigenvalue weighted by Gasteiger charge is 2.65. The number of ether oxygens (including phenoxy) is 1. The van der Waals surface area contributed by atoms with Gasteiger partial charge in [-0.2, -0.15) is 13.2 Å². The van der Waals surface area contributed by atoms with Gasteiger partial charge in [-0.05, 0) is 41.7 Å². The van der Waals surface area contributed by atoms with Crippen molar-refractivity contribution < 1.29 is 22.7 Å². The van der Waals surface area contributed by atoms with Crippen LogP contribution in [0.2, 0.25) is 0 Å². The molecule has 1 aliphatic heterocycles. The summed E-state index contributed by atoms with van der Waals surface area (Å²) in [6.45, 7) is 4.48. The van der Waals surface area contributed by atoms with Gasteiger partial charge in [0.05, 0.1) is 0 Å². The molecule has 166 valence electrons. The zero-order valence-electron chi connectivity index (χ0n) is 18.0. The van der Waals surface area contributed by atoms with E-state index in [0.717, 1.165) is 12.7 Å². The minimum absolute atomic E-state index is 0.103. The first kappa shape index (κ1) is 21.9. The molecule has 0 saturated carbocycles. The van der Waals surface area contributed by atoms with Crippen LogP contribution in [-0.4, -0.2) is 36.7 Å². The topological polar surface area (TPSA) is 29.5 Å². The van der Waals surface area contributed by atoms with Crippen LogP contribution in [0.3, 0.4) is 0 Å². The Bertz CT molecular complexity index is 943. The predicted molar refractivity (Wildman–Crippen MR) is 113 cm³/mol. The lowest BCUT2D eigenvalue weighted by Crippen LogP contribution is -2.63. The summed E-state index contributed by atoms with van der Waals surface area (Å²) in [6.07, 6.45) is -3.68. The van der Waals surface area contributed by atoms with E-state index < -0.39 is 17.7 Å². The Kier molecular flexibility index (Phi) is 5.63. The fourth-order valence-electron chi connectivity index (χ4n) is 5.79. The Hall–Kier alpha value is -2.34. The third-order valence-electron chi connectivity index (χ3n) is 7.09. The number of benzene rings is 2. The van der Waals surface area contributed by atoms with E-state index in [1.807, 2.05) is 18.2 Å². The van der Waals surface area contributed by atoms with E-state index in [1.165, 1.54) is 34.7 Å².